The number of amides is 2. The smallest absolute Gasteiger partial charge is 0.245 e. The highest BCUT2D eigenvalue weighted by molar-refractivity contribution is 5.87. The summed E-state index contributed by atoms with van der Waals surface area (Å²) in [5.41, 5.74) is -0.653. The number of Topliss-reactive ketones (excluding diaryl/α,β-unsaturated/α-hetero) is 2. The van der Waals surface area contributed by atoms with Gasteiger partial charge in [0.05, 0.1) is 83.8 Å². The molecule has 0 spiro atoms. The minimum atomic E-state index is -1.29. The van der Waals surface area contributed by atoms with Crippen molar-refractivity contribution in [2.75, 3.05) is 85.8 Å². The Bertz CT molecular complexity index is 1700. The van der Waals surface area contributed by atoms with E-state index in [-0.39, 0.29) is 91.1 Å². The van der Waals surface area contributed by atoms with Crippen LogP contribution in [0.4, 0.5) is 0 Å². The number of unbranched alkanes of at least 4 members (excludes halogenated alkanes) is 2. The second kappa shape index (κ2) is 35.0. The molecule has 3 rings (SSSR count). The average molecular weight is 1100 g/mol. The van der Waals surface area contributed by atoms with Crippen LogP contribution in [0, 0.1) is 23.7 Å². The largest absolute Gasteiger partial charge is 0.491 e. The zero-order chi connectivity index (χ0) is 56.5. The molecule has 3 aliphatic heterocycles. The van der Waals surface area contributed by atoms with E-state index in [0.29, 0.717) is 37.9 Å². The number of hydrogen-bond donors (Lipinski definition) is 11. The Morgan fingerprint density at radius 1 is 0.566 bits per heavy atom. The van der Waals surface area contributed by atoms with Crippen LogP contribution in [0.15, 0.2) is 12.3 Å². The molecule has 3 fully saturated rings. The molecule has 76 heavy (non-hydrogen) atoms. The van der Waals surface area contributed by atoms with Gasteiger partial charge in [0.15, 0.2) is 30.4 Å². The van der Waals surface area contributed by atoms with Crippen molar-refractivity contribution in [3.8, 4) is 0 Å². The van der Waals surface area contributed by atoms with Crippen LogP contribution in [0.1, 0.15) is 92.9 Å². The first-order valence-corrected chi connectivity index (χ1v) is 26.5. The maximum absolute atomic E-state index is 14.1. The number of carbonyl (C=O) groups excluding carboxylic acids is 4. The Balaban J connectivity index is 1.51. The van der Waals surface area contributed by atoms with E-state index in [1.54, 1.807) is 20.8 Å². The van der Waals surface area contributed by atoms with Crippen LogP contribution in [0.2, 0.25) is 0 Å². The normalized spacial score (nSPS) is 30.8. The van der Waals surface area contributed by atoms with E-state index >= 15 is 0 Å². The van der Waals surface area contributed by atoms with Gasteiger partial charge in [0.1, 0.15) is 67.8 Å². The van der Waals surface area contributed by atoms with Gasteiger partial charge in [-0.15, -0.1) is 0 Å². The first-order chi connectivity index (χ1) is 36.0. The predicted molar refractivity (Wildman–Crippen MR) is 266 cm³/mol. The highest BCUT2D eigenvalue weighted by atomic mass is 16.7. The minimum Gasteiger partial charge on any atom is -0.491 e. The summed E-state index contributed by atoms with van der Waals surface area (Å²) in [5.74, 6) is -3.75. The quantitative estimate of drug-likeness (QED) is 0.0239. The van der Waals surface area contributed by atoms with Crippen LogP contribution in [-0.2, 0) is 66.5 Å². The van der Waals surface area contributed by atoms with Crippen molar-refractivity contribution in [2.45, 2.75) is 178 Å². The van der Waals surface area contributed by atoms with Crippen molar-refractivity contribution in [3.63, 3.8) is 0 Å². The first-order valence-electron chi connectivity index (χ1n) is 26.5. The average Bonchev–Trinajstić information content (AvgIpc) is 3.37. The minimum absolute atomic E-state index is 0.00586. The van der Waals surface area contributed by atoms with Crippen molar-refractivity contribution < 1.29 is 113 Å². The molecule has 442 valence electrons. The summed E-state index contributed by atoms with van der Waals surface area (Å²) in [5, 5.41) is 95.1. The number of nitrogens with one attached hydrogen (secondary N) is 2. The van der Waals surface area contributed by atoms with Crippen LogP contribution < -0.4 is 10.6 Å². The van der Waals surface area contributed by atoms with Gasteiger partial charge in [-0.25, -0.2) is 0 Å². The van der Waals surface area contributed by atoms with Gasteiger partial charge in [0, 0.05) is 43.1 Å². The van der Waals surface area contributed by atoms with E-state index in [9.17, 15) is 65.1 Å². The van der Waals surface area contributed by atoms with Crippen LogP contribution >= 0.6 is 0 Å². The number of ether oxygens (including phenoxy) is 10. The van der Waals surface area contributed by atoms with Gasteiger partial charge in [-0.1, -0.05) is 40.2 Å². The van der Waals surface area contributed by atoms with Crippen molar-refractivity contribution in [1.82, 2.24) is 10.6 Å². The highest BCUT2D eigenvalue weighted by Gasteiger charge is 2.44. The summed E-state index contributed by atoms with van der Waals surface area (Å²) >= 11 is 0. The number of rotatable bonds is 37. The van der Waals surface area contributed by atoms with Crippen LogP contribution in [0.5, 0.6) is 0 Å². The molecule has 0 saturated carbocycles. The molecule has 3 heterocycles. The third kappa shape index (κ3) is 23.1. The van der Waals surface area contributed by atoms with Crippen molar-refractivity contribution in [1.29, 1.82) is 0 Å². The standard InChI is InChI=1S/C51H90N2O23/c1-29-41(60)44(63)37(23-54)73-48(29)70-19-16-67-26-34(57)13-9-8-10-14-36(32(4)76-51(5,6)7)53-47(66)33(22-35(58)27-68-17-20-71-49-30(2)42(61)45(64)38(24-55)74-49)12-11-15-52-40(59)28-69-18-21-72-50-31(3)43(62)46(65)39(25-56)75-50/h29-31,33,36-39,41-46,48-50,54-56,60-65H,4,8-28H2,1-3,5-7H3,(H,52,59)(H,53,66). The molecular formula is C51H90N2O23. The number of aliphatic hydroxyl groups is 9. The van der Waals surface area contributed by atoms with Crippen molar-refractivity contribution in [3.05, 3.63) is 12.3 Å². The summed E-state index contributed by atoms with van der Waals surface area (Å²) < 4.78 is 56.1. The second-order valence-electron chi connectivity index (χ2n) is 20.8. The van der Waals surface area contributed by atoms with E-state index in [1.165, 1.54) is 0 Å². The second-order valence-corrected chi connectivity index (χ2v) is 20.8. The summed E-state index contributed by atoms with van der Waals surface area (Å²) in [6.07, 6.45) is -10.5. The molecule has 2 amide bonds. The lowest BCUT2D eigenvalue weighted by Crippen LogP contribution is -2.55. The Labute approximate surface area is 445 Å². The zero-order valence-corrected chi connectivity index (χ0v) is 45.1. The molecule has 25 heteroatoms. The molecule has 17 atom stereocenters. The lowest BCUT2D eigenvalue weighted by molar-refractivity contribution is -0.284. The van der Waals surface area contributed by atoms with Gasteiger partial charge in [-0.2, -0.15) is 0 Å². The van der Waals surface area contributed by atoms with Gasteiger partial charge < -0.3 is 104 Å². The fraction of sp³-hybridized carbons (Fsp3) is 0.882. The molecule has 0 aromatic heterocycles. The van der Waals surface area contributed by atoms with Gasteiger partial charge in [-0.3, -0.25) is 19.2 Å². The molecule has 3 aliphatic rings. The molecule has 0 aromatic rings. The zero-order valence-electron chi connectivity index (χ0n) is 45.1. The molecule has 11 N–H and O–H groups in total. The summed E-state index contributed by atoms with van der Waals surface area (Å²) in [6.45, 7) is 12.3. The van der Waals surface area contributed by atoms with Crippen molar-refractivity contribution in [2.24, 2.45) is 23.7 Å². The van der Waals surface area contributed by atoms with Crippen LogP contribution in [0.25, 0.3) is 0 Å². The first kappa shape index (κ1) is 67.4. The lowest BCUT2D eigenvalue weighted by Gasteiger charge is -2.40. The Hall–Kier alpha value is -2.90. The Morgan fingerprint density at radius 2 is 1.00 bits per heavy atom. The highest BCUT2D eigenvalue weighted by Crippen LogP contribution is 2.29. The van der Waals surface area contributed by atoms with Gasteiger partial charge in [-0.05, 0) is 46.5 Å². The molecule has 0 aromatic carbocycles. The third-order valence-corrected chi connectivity index (χ3v) is 13.3. The number of hydrogen-bond acceptors (Lipinski definition) is 23. The predicted octanol–water partition coefficient (Wildman–Crippen LogP) is -1.88. The molecule has 17 unspecified atom stereocenters. The van der Waals surface area contributed by atoms with E-state index < -0.39 is 147 Å². The molecule has 0 bridgehead atoms. The summed E-state index contributed by atoms with van der Waals surface area (Å²) in [4.78, 5) is 52.7. The van der Waals surface area contributed by atoms with E-state index in [0.717, 1.165) is 0 Å². The fourth-order valence-electron chi connectivity index (χ4n) is 8.71. The number of carbonyl (C=O) groups is 4. The maximum Gasteiger partial charge on any atom is 0.245 e. The third-order valence-electron chi connectivity index (χ3n) is 13.3. The SMILES string of the molecule is C=C(OC(C)(C)C)C(CCCCCC(=O)COCCOC1OC(CO)C(O)C(O)C1C)NC(=O)C(CCCNC(=O)COCCOC1OC(CO)C(O)C(O)C1C)CC(=O)COCCOC1OC(CO)C(O)C(O)C1C. The van der Waals surface area contributed by atoms with Crippen molar-refractivity contribution >= 4 is 23.4 Å². The fourth-order valence-corrected chi connectivity index (χ4v) is 8.71. The Kier molecular flexibility index (Phi) is 31.0. The van der Waals surface area contributed by atoms with Crippen LogP contribution in [0.3, 0.4) is 0 Å². The molecule has 0 radical (unpaired) electrons. The molecule has 25 nitrogen and oxygen atoms in total. The molecule has 0 aliphatic carbocycles. The van der Waals surface area contributed by atoms with Gasteiger partial charge in [0.2, 0.25) is 11.8 Å². The molecular weight excluding hydrogens is 1010 g/mol. The summed E-state index contributed by atoms with van der Waals surface area (Å²) in [6, 6.07) is -0.666. The van der Waals surface area contributed by atoms with E-state index in [1.807, 2.05) is 20.8 Å². The molecule has 3 saturated heterocycles. The van der Waals surface area contributed by atoms with Crippen LogP contribution in [-0.4, -0.2) is 241 Å². The Morgan fingerprint density at radius 3 is 1.43 bits per heavy atom. The number of aliphatic hydroxyl groups excluding tert-OH is 9. The summed E-state index contributed by atoms with van der Waals surface area (Å²) in [7, 11) is 0. The van der Waals surface area contributed by atoms with Gasteiger partial charge >= 0.3 is 0 Å². The van der Waals surface area contributed by atoms with Gasteiger partial charge in [0.25, 0.3) is 0 Å². The maximum atomic E-state index is 14.1. The lowest BCUT2D eigenvalue weighted by atomic mass is 9.92. The van der Waals surface area contributed by atoms with E-state index in [4.69, 9.17) is 47.4 Å². The number of ketones is 2. The monoisotopic (exact) mass is 1100 g/mol. The van der Waals surface area contributed by atoms with E-state index in [2.05, 4.69) is 17.2 Å². The topological polar surface area (TPSA) is 367 Å².